The number of hydrogen-bond donors (Lipinski definition) is 4. The minimum Gasteiger partial charge on any atom is -0.481 e. The van der Waals surface area contributed by atoms with E-state index in [9.17, 15) is 14.4 Å². The number of primary amides is 1. The number of nitrogens with one attached hydrogen (secondary N) is 2. The number of carbonyl (C=O) groups is 3. The van der Waals surface area contributed by atoms with E-state index in [1.54, 1.807) is 0 Å². The summed E-state index contributed by atoms with van der Waals surface area (Å²) in [5.74, 6) is -1.08. The molecule has 0 atom stereocenters. The maximum Gasteiger partial charge on any atom is 0.314 e. The highest BCUT2D eigenvalue weighted by Gasteiger charge is 2.25. The van der Waals surface area contributed by atoms with E-state index in [0.29, 0.717) is 25.3 Å². The van der Waals surface area contributed by atoms with Gasteiger partial charge in [0.25, 0.3) is 0 Å². The largest absolute Gasteiger partial charge is 0.481 e. The predicted molar refractivity (Wildman–Crippen MR) is 68.3 cm³/mol. The minimum absolute atomic E-state index is 0.122. The van der Waals surface area contributed by atoms with Gasteiger partial charge in [-0.25, -0.2) is 4.79 Å². The molecule has 7 heteroatoms. The molecule has 7 nitrogen and oxygen atoms in total. The van der Waals surface area contributed by atoms with Crippen molar-refractivity contribution in [3.05, 3.63) is 0 Å². The molecule has 1 rings (SSSR count). The van der Waals surface area contributed by atoms with Crippen molar-refractivity contribution < 1.29 is 19.5 Å². The molecule has 0 bridgehead atoms. The third kappa shape index (κ3) is 6.08. The molecular weight excluding hydrogens is 250 g/mol. The fourth-order valence-corrected chi connectivity index (χ4v) is 2.21. The smallest absolute Gasteiger partial charge is 0.314 e. The van der Waals surface area contributed by atoms with Gasteiger partial charge in [0.2, 0.25) is 5.91 Å². The van der Waals surface area contributed by atoms with Gasteiger partial charge in [-0.3, -0.25) is 9.59 Å². The molecule has 5 N–H and O–H groups in total. The molecule has 1 aliphatic carbocycles. The fraction of sp³-hybridized carbons (Fsp3) is 0.750. The number of carbonyl (C=O) groups excluding carboxylic acids is 2. The van der Waals surface area contributed by atoms with E-state index in [0.717, 1.165) is 12.8 Å². The predicted octanol–water partition coefficient (Wildman–Crippen LogP) is 0.0520. The van der Waals surface area contributed by atoms with E-state index in [2.05, 4.69) is 10.6 Å². The minimum atomic E-state index is -0.726. The highest BCUT2D eigenvalue weighted by atomic mass is 16.4. The van der Waals surface area contributed by atoms with E-state index < -0.39 is 11.9 Å². The van der Waals surface area contributed by atoms with Crippen LogP contribution in [0.4, 0.5) is 4.79 Å². The second-order valence-electron chi connectivity index (χ2n) is 4.91. The Labute approximate surface area is 111 Å². The topological polar surface area (TPSA) is 122 Å². The number of hydrogen-bond acceptors (Lipinski definition) is 3. The number of rotatable bonds is 6. The molecule has 0 aromatic heterocycles. The fourth-order valence-electron chi connectivity index (χ4n) is 2.21. The van der Waals surface area contributed by atoms with Gasteiger partial charge < -0.3 is 21.5 Å². The molecule has 1 aliphatic rings. The Morgan fingerprint density at radius 3 is 2.26 bits per heavy atom. The van der Waals surface area contributed by atoms with Crippen LogP contribution in [0.25, 0.3) is 0 Å². The highest BCUT2D eigenvalue weighted by molar-refractivity contribution is 5.76. The Hall–Kier alpha value is -1.79. The average molecular weight is 271 g/mol. The number of urea groups is 1. The van der Waals surface area contributed by atoms with Gasteiger partial charge in [-0.1, -0.05) is 0 Å². The molecule has 0 saturated heterocycles. The Morgan fingerprint density at radius 2 is 1.74 bits per heavy atom. The van der Waals surface area contributed by atoms with Crippen molar-refractivity contribution in [2.24, 2.45) is 17.6 Å². The molecule has 0 heterocycles. The third-order valence-electron chi connectivity index (χ3n) is 3.40. The number of amides is 3. The molecular formula is C12H21N3O4. The van der Waals surface area contributed by atoms with Crippen LogP contribution in [0.15, 0.2) is 0 Å². The maximum atomic E-state index is 11.4. The molecule has 0 unspecified atom stereocenters. The van der Waals surface area contributed by atoms with Crippen molar-refractivity contribution in [3.63, 3.8) is 0 Å². The summed E-state index contributed by atoms with van der Waals surface area (Å²) in [6, 6.07) is -0.318. The number of nitrogens with two attached hydrogens (primary N) is 1. The summed E-state index contributed by atoms with van der Waals surface area (Å²) in [4.78, 5) is 32.6. The van der Waals surface area contributed by atoms with E-state index in [-0.39, 0.29) is 24.9 Å². The summed E-state index contributed by atoms with van der Waals surface area (Å²) in [7, 11) is 0. The number of carboxylic acids is 1. The van der Waals surface area contributed by atoms with Crippen molar-refractivity contribution >= 4 is 17.9 Å². The highest BCUT2D eigenvalue weighted by Crippen LogP contribution is 2.28. The second kappa shape index (κ2) is 7.60. The van der Waals surface area contributed by atoms with Gasteiger partial charge >= 0.3 is 12.0 Å². The zero-order valence-corrected chi connectivity index (χ0v) is 10.9. The monoisotopic (exact) mass is 271 g/mol. The Balaban J connectivity index is 2.11. The molecule has 1 fully saturated rings. The third-order valence-corrected chi connectivity index (χ3v) is 3.40. The summed E-state index contributed by atoms with van der Waals surface area (Å²) >= 11 is 0. The molecule has 108 valence electrons. The molecule has 19 heavy (non-hydrogen) atoms. The first kappa shape index (κ1) is 15.3. The Morgan fingerprint density at radius 1 is 1.11 bits per heavy atom. The summed E-state index contributed by atoms with van der Waals surface area (Å²) in [5, 5.41) is 14.1. The lowest BCUT2D eigenvalue weighted by atomic mass is 9.82. The molecule has 1 saturated carbocycles. The maximum absolute atomic E-state index is 11.4. The van der Waals surface area contributed by atoms with Crippen LogP contribution in [0.1, 0.15) is 32.1 Å². The van der Waals surface area contributed by atoms with Gasteiger partial charge in [-0.2, -0.15) is 0 Å². The van der Waals surface area contributed by atoms with Gasteiger partial charge in [0.15, 0.2) is 0 Å². The normalized spacial score (nSPS) is 22.5. The van der Waals surface area contributed by atoms with Gasteiger partial charge in [-0.05, 0) is 31.6 Å². The van der Waals surface area contributed by atoms with E-state index in [4.69, 9.17) is 10.8 Å². The summed E-state index contributed by atoms with van der Waals surface area (Å²) in [6.45, 7) is 0.766. The van der Waals surface area contributed by atoms with Crippen molar-refractivity contribution in [2.45, 2.75) is 32.1 Å². The number of aliphatic carboxylic acids is 1. The lowest BCUT2D eigenvalue weighted by molar-refractivity contribution is -0.143. The molecule has 0 aromatic rings. The van der Waals surface area contributed by atoms with Crippen molar-refractivity contribution in [1.82, 2.24) is 10.6 Å². The molecule has 3 amide bonds. The van der Waals surface area contributed by atoms with Crippen LogP contribution < -0.4 is 16.4 Å². The molecule has 0 aromatic carbocycles. The van der Waals surface area contributed by atoms with Gasteiger partial charge in [0, 0.05) is 19.5 Å². The number of carboxylic acid groups (broad SMARTS) is 1. The van der Waals surface area contributed by atoms with Crippen LogP contribution in [0.5, 0.6) is 0 Å². The van der Waals surface area contributed by atoms with Gasteiger partial charge in [0.1, 0.15) is 0 Å². The average Bonchev–Trinajstić information content (AvgIpc) is 2.36. The Kier molecular flexibility index (Phi) is 6.11. The quantitative estimate of drug-likeness (QED) is 0.545. The molecule has 0 radical (unpaired) electrons. The van der Waals surface area contributed by atoms with E-state index in [1.165, 1.54) is 0 Å². The van der Waals surface area contributed by atoms with Gasteiger partial charge in [-0.15, -0.1) is 0 Å². The summed E-state index contributed by atoms with van der Waals surface area (Å²) < 4.78 is 0. The van der Waals surface area contributed by atoms with E-state index in [1.807, 2.05) is 0 Å². The van der Waals surface area contributed by atoms with Gasteiger partial charge in [0.05, 0.1) is 5.92 Å². The first-order valence-corrected chi connectivity index (χ1v) is 6.52. The van der Waals surface area contributed by atoms with Crippen molar-refractivity contribution in [3.8, 4) is 0 Å². The second-order valence-corrected chi connectivity index (χ2v) is 4.91. The van der Waals surface area contributed by atoms with Crippen molar-refractivity contribution in [2.75, 3.05) is 13.1 Å². The zero-order chi connectivity index (χ0) is 14.3. The van der Waals surface area contributed by atoms with E-state index >= 15 is 0 Å². The first-order valence-electron chi connectivity index (χ1n) is 6.52. The Bertz CT molecular complexity index is 338. The SMILES string of the molecule is NC(=O)CCNC(=O)NCC1CCC(C(=O)O)CC1. The van der Waals surface area contributed by atoms with Crippen LogP contribution in [0.2, 0.25) is 0 Å². The molecule has 0 spiro atoms. The lowest BCUT2D eigenvalue weighted by Gasteiger charge is -2.26. The summed E-state index contributed by atoms with van der Waals surface area (Å²) in [5.41, 5.74) is 4.95. The van der Waals surface area contributed by atoms with Crippen LogP contribution in [0, 0.1) is 11.8 Å². The standard InChI is InChI=1S/C12H21N3O4/c13-10(16)5-6-14-12(19)15-7-8-1-3-9(4-2-8)11(17)18/h8-9H,1-7H2,(H2,13,16)(H,17,18)(H2,14,15,19). The van der Waals surface area contributed by atoms with Crippen LogP contribution in [-0.4, -0.2) is 36.1 Å². The zero-order valence-electron chi connectivity index (χ0n) is 10.9. The van der Waals surface area contributed by atoms with Crippen LogP contribution >= 0.6 is 0 Å². The lowest BCUT2D eigenvalue weighted by Crippen LogP contribution is -2.40. The summed E-state index contributed by atoms with van der Waals surface area (Å²) in [6.07, 6.45) is 3.10. The van der Waals surface area contributed by atoms with Crippen LogP contribution in [-0.2, 0) is 9.59 Å². The first-order chi connectivity index (χ1) is 8.99. The molecule has 0 aliphatic heterocycles. The van der Waals surface area contributed by atoms with Crippen molar-refractivity contribution in [1.29, 1.82) is 0 Å². The van der Waals surface area contributed by atoms with Crippen LogP contribution in [0.3, 0.4) is 0 Å².